The van der Waals surface area contributed by atoms with E-state index in [1.165, 1.54) is 0 Å². The molecule has 1 heterocycles. The van der Waals surface area contributed by atoms with Gasteiger partial charge in [-0.15, -0.1) is 5.10 Å². The molecule has 17 heavy (non-hydrogen) atoms. The van der Waals surface area contributed by atoms with Crippen molar-refractivity contribution in [3.63, 3.8) is 0 Å². The molecule has 1 aromatic carbocycles. The minimum absolute atomic E-state index is 0.320. The van der Waals surface area contributed by atoms with Crippen molar-refractivity contribution in [3.8, 4) is 0 Å². The summed E-state index contributed by atoms with van der Waals surface area (Å²) in [6, 6.07) is 8.22. The van der Waals surface area contributed by atoms with E-state index in [1.807, 2.05) is 0 Å². The quantitative estimate of drug-likeness (QED) is 0.864. The Labute approximate surface area is 101 Å². The Morgan fingerprint density at radius 2 is 2.00 bits per heavy atom. The zero-order chi connectivity index (χ0) is 12.3. The molecule has 0 fully saturated rings. The highest BCUT2D eigenvalue weighted by molar-refractivity contribution is 6.05. The topological polar surface area (TPSA) is 60.0 Å². The molecule has 0 amide bonds. The molecule has 4 heteroatoms. The third kappa shape index (κ3) is 2.71. The molecule has 1 aromatic rings. The molecule has 1 atom stereocenters. The Kier molecular flexibility index (Phi) is 3.54. The van der Waals surface area contributed by atoms with Crippen molar-refractivity contribution in [2.75, 3.05) is 7.11 Å². The number of hydrogen-bond acceptors (Lipinski definition) is 4. The largest absolute Gasteiger partial charge is 0.386 e. The molecule has 2 rings (SSSR count). The zero-order valence-electron chi connectivity index (χ0n) is 10.2. The molecule has 2 N–H and O–H groups in total. The fourth-order valence-electron chi connectivity index (χ4n) is 1.95. The van der Waals surface area contributed by atoms with Gasteiger partial charge in [0.15, 0.2) is 0 Å². The maximum atomic E-state index is 5.66. The van der Waals surface area contributed by atoms with Gasteiger partial charge in [-0.2, -0.15) is 5.10 Å². The van der Waals surface area contributed by atoms with Crippen LogP contribution in [0.2, 0.25) is 0 Å². The van der Waals surface area contributed by atoms with Crippen LogP contribution in [0.25, 0.3) is 0 Å². The van der Waals surface area contributed by atoms with Gasteiger partial charge in [-0.3, -0.25) is 0 Å². The van der Waals surface area contributed by atoms with Crippen LogP contribution in [0.5, 0.6) is 0 Å². The molecule has 90 valence electrons. The number of rotatable bonds is 3. The van der Waals surface area contributed by atoms with Gasteiger partial charge in [0.2, 0.25) is 0 Å². The Balaban J connectivity index is 2.22. The third-order valence-corrected chi connectivity index (χ3v) is 2.83. The molecule has 0 radical (unpaired) electrons. The molecule has 4 nitrogen and oxygen atoms in total. The van der Waals surface area contributed by atoms with E-state index in [-0.39, 0.29) is 0 Å². The van der Waals surface area contributed by atoms with Crippen LogP contribution in [0.3, 0.4) is 0 Å². The first-order chi connectivity index (χ1) is 8.20. The van der Waals surface area contributed by atoms with E-state index in [0.717, 1.165) is 23.3 Å². The van der Waals surface area contributed by atoms with Gasteiger partial charge in [0.25, 0.3) is 0 Å². The smallest absolute Gasteiger partial charge is 0.123 e. The van der Waals surface area contributed by atoms with Crippen molar-refractivity contribution in [2.45, 2.75) is 20.0 Å². The lowest BCUT2D eigenvalue weighted by Gasteiger charge is -2.17. The first kappa shape index (κ1) is 11.8. The second-order valence-electron chi connectivity index (χ2n) is 4.31. The highest BCUT2D eigenvalue weighted by Crippen LogP contribution is 2.18. The van der Waals surface area contributed by atoms with Crippen LogP contribution in [0, 0.1) is 5.92 Å². The minimum atomic E-state index is 0.320. The van der Waals surface area contributed by atoms with Gasteiger partial charge in [-0.25, -0.2) is 0 Å². The van der Waals surface area contributed by atoms with E-state index in [0.29, 0.717) is 18.4 Å². The summed E-state index contributed by atoms with van der Waals surface area (Å²) in [5.41, 5.74) is 8.92. The standard InChI is InChI=1S/C13H17N3O/c1-9-7-12(14)15-16-13(9)11-5-3-10(4-6-11)8-17-2/h3-6,9H,7-8H2,1-2H3,(H2,14,15). The molecule has 0 saturated heterocycles. The summed E-state index contributed by atoms with van der Waals surface area (Å²) in [6.45, 7) is 2.75. The molecule has 0 aromatic heterocycles. The summed E-state index contributed by atoms with van der Waals surface area (Å²) >= 11 is 0. The number of hydrogen-bond donors (Lipinski definition) is 1. The van der Waals surface area contributed by atoms with Gasteiger partial charge in [0, 0.05) is 19.4 Å². The highest BCUT2D eigenvalue weighted by atomic mass is 16.5. The Morgan fingerprint density at radius 1 is 1.29 bits per heavy atom. The first-order valence-electron chi connectivity index (χ1n) is 5.69. The molecular formula is C13H17N3O. The maximum absolute atomic E-state index is 5.66. The van der Waals surface area contributed by atoms with Crippen LogP contribution in [0.1, 0.15) is 24.5 Å². The molecular weight excluding hydrogens is 214 g/mol. The van der Waals surface area contributed by atoms with Crippen LogP contribution in [-0.2, 0) is 11.3 Å². The van der Waals surface area contributed by atoms with E-state index < -0.39 is 0 Å². The van der Waals surface area contributed by atoms with Crippen LogP contribution in [-0.4, -0.2) is 18.7 Å². The molecule has 1 aliphatic heterocycles. The number of nitrogens with zero attached hydrogens (tertiary/aromatic N) is 2. The molecule has 0 aliphatic carbocycles. The van der Waals surface area contributed by atoms with Crippen molar-refractivity contribution in [1.82, 2.24) is 0 Å². The van der Waals surface area contributed by atoms with Crippen molar-refractivity contribution >= 4 is 11.5 Å². The number of ether oxygens (including phenoxy) is 1. The molecule has 1 aliphatic rings. The average molecular weight is 231 g/mol. The van der Waals surface area contributed by atoms with E-state index in [9.17, 15) is 0 Å². The van der Waals surface area contributed by atoms with Gasteiger partial charge in [-0.05, 0) is 11.1 Å². The summed E-state index contributed by atoms with van der Waals surface area (Å²) in [5, 5.41) is 8.14. The normalized spacial score (nSPS) is 19.8. The number of amidine groups is 1. The number of nitrogens with two attached hydrogens (primary N) is 1. The SMILES string of the molecule is COCc1ccc(C2=NN=C(N)CC2C)cc1. The van der Waals surface area contributed by atoms with Gasteiger partial charge in [-0.1, -0.05) is 31.2 Å². The van der Waals surface area contributed by atoms with E-state index in [4.69, 9.17) is 10.5 Å². The summed E-state index contributed by atoms with van der Waals surface area (Å²) in [4.78, 5) is 0. The highest BCUT2D eigenvalue weighted by Gasteiger charge is 2.18. The number of benzene rings is 1. The van der Waals surface area contributed by atoms with Crippen molar-refractivity contribution < 1.29 is 4.74 Å². The van der Waals surface area contributed by atoms with Crippen molar-refractivity contribution in [2.24, 2.45) is 21.9 Å². The van der Waals surface area contributed by atoms with Gasteiger partial charge in [0.1, 0.15) is 5.84 Å². The van der Waals surface area contributed by atoms with Gasteiger partial charge < -0.3 is 10.5 Å². The predicted octanol–water partition coefficient (Wildman–Crippen LogP) is 1.93. The molecule has 0 bridgehead atoms. The van der Waals surface area contributed by atoms with Crippen LogP contribution in [0.4, 0.5) is 0 Å². The van der Waals surface area contributed by atoms with Crippen molar-refractivity contribution in [1.29, 1.82) is 0 Å². The molecule has 1 unspecified atom stereocenters. The fraction of sp³-hybridized carbons (Fsp3) is 0.385. The summed E-state index contributed by atoms with van der Waals surface area (Å²) in [7, 11) is 1.69. The first-order valence-corrected chi connectivity index (χ1v) is 5.69. The summed E-state index contributed by atoms with van der Waals surface area (Å²) < 4.78 is 5.08. The van der Waals surface area contributed by atoms with E-state index in [1.54, 1.807) is 7.11 Å². The van der Waals surface area contributed by atoms with Gasteiger partial charge >= 0.3 is 0 Å². The average Bonchev–Trinajstić information content (AvgIpc) is 2.31. The lowest BCUT2D eigenvalue weighted by molar-refractivity contribution is 0.185. The summed E-state index contributed by atoms with van der Waals surface area (Å²) in [5.74, 6) is 0.929. The second-order valence-corrected chi connectivity index (χ2v) is 4.31. The zero-order valence-corrected chi connectivity index (χ0v) is 10.2. The lowest BCUT2D eigenvalue weighted by Crippen LogP contribution is -2.25. The Morgan fingerprint density at radius 3 is 2.59 bits per heavy atom. The van der Waals surface area contributed by atoms with Gasteiger partial charge in [0.05, 0.1) is 12.3 Å². The maximum Gasteiger partial charge on any atom is 0.123 e. The fourth-order valence-corrected chi connectivity index (χ4v) is 1.95. The summed E-state index contributed by atoms with van der Waals surface area (Å²) in [6.07, 6.45) is 0.776. The van der Waals surface area contributed by atoms with Crippen LogP contribution < -0.4 is 5.73 Å². The van der Waals surface area contributed by atoms with E-state index in [2.05, 4.69) is 41.4 Å². The Hall–Kier alpha value is -1.68. The molecule has 0 spiro atoms. The minimum Gasteiger partial charge on any atom is -0.386 e. The monoisotopic (exact) mass is 231 g/mol. The van der Waals surface area contributed by atoms with E-state index >= 15 is 0 Å². The van der Waals surface area contributed by atoms with Crippen LogP contribution >= 0.6 is 0 Å². The number of methoxy groups -OCH3 is 1. The second kappa shape index (κ2) is 5.10. The molecule has 0 saturated carbocycles. The Bertz CT molecular complexity index is 448. The predicted molar refractivity (Wildman–Crippen MR) is 69.1 cm³/mol. The third-order valence-electron chi connectivity index (χ3n) is 2.83. The van der Waals surface area contributed by atoms with Crippen LogP contribution in [0.15, 0.2) is 34.5 Å². The van der Waals surface area contributed by atoms with Crippen molar-refractivity contribution in [3.05, 3.63) is 35.4 Å². The lowest BCUT2D eigenvalue weighted by atomic mass is 9.94.